The van der Waals surface area contributed by atoms with Crippen LogP contribution >= 0.6 is 0 Å². The van der Waals surface area contributed by atoms with Gasteiger partial charge in [-0.2, -0.15) is 4.98 Å². The van der Waals surface area contributed by atoms with E-state index >= 15 is 0 Å². The maximum atomic E-state index is 12.7. The van der Waals surface area contributed by atoms with Gasteiger partial charge in [0, 0.05) is 43.0 Å². The van der Waals surface area contributed by atoms with Gasteiger partial charge in [0.15, 0.2) is 0 Å². The molecule has 2 aromatic heterocycles. The van der Waals surface area contributed by atoms with Crippen LogP contribution in [-0.2, 0) is 11.2 Å². The molecule has 1 aliphatic rings. The number of carbonyl (C=O) groups is 1. The molecular weight excluding hydrogens is 418 g/mol. The van der Waals surface area contributed by atoms with E-state index in [9.17, 15) is 4.79 Å². The van der Waals surface area contributed by atoms with Gasteiger partial charge in [-0.05, 0) is 31.9 Å². The largest absolute Gasteiger partial charge is 0.421 e. The lowest BCUT2D eigenvalue weighted by molar-refractivity contribution is -0.132. The highest BCUT2D eigenvalue weighted by molar-refractivity contribution is 5.76. The van der Waals surface area contributed by atoms with Crippen LogP contribution in [0.1, 0.15) is 42.5 Å². The zero-order valence-corrected chi connectivity index (χ0v) is 18.5. The first kappa shape index (κ1) is 21.1. The van der Waals surface area contributed by atoms with Gasteiger partial charge >= 0.3 is 0 Å². The van der Waals surface area contributed by atoms with Crippen molar-refractivity contribution in [3.05, 3.63) is 71.9 Å². The Labute approximate surface area is 191 Å². The monoisotopic (exact) mass is 443 g/mol. The number of hydrogen-bond acceptors (Lipinski definition) is 7. The van der Waals surface area contributed by atoms with Crippen LogP contribution in [0.3, 0.4) is 0 Å². The Balaban J connectivity index is 1.12. The van der Waals surface area contributed by atoms with Crippen molar-refractivity contribution in [1.82, 2.24) is 25.2 Å². The van der Waals surface area contributed by atoms with Crippen molar-refractivity contribution in [2.24, 2.45) is 0 Å². The molecule has 8 heteroatoms. The zero-order chi connectivity index (χ0) is 22.6. The Morgan fingerprint density at radius 3 is 2.52 bits per heavy atom. The van der Waals surface area contributed by atoms with Crippen molar-refractivity contribution in [2.75, 3.05) is 13.1 Å². The zero-order valence-electron chi connectivity index (χ0n) is 18.5. The van der Waals surface area contributed by atoms with E-state index in [0.29, 0.717) is 49.4 Å². The molecule has 3 heterocycles. The lowest BCUT2D eigenvalue weighted by atomic mass is 9.96. The number of amides is 1. The molecule has 5 rings (SSSR count). The van der Waals surface area contributed by atoms with Crippen LogP contribution in [0.5, 0.6) is 0 Å². The van der Waals surface area contributed by atoms with E-state index in [4.69, 9.17) is 8.94 Å². The van der Waals surface area contributed by atoms with E-state index in [1.54, 1.807) is 0 Å². The summed E-state index contributed by atoms with van der Waals surface area (Å²) in [6.45, 7) is 3.37. The van der Waals surface area contributed by atoms with Gasteiger partial charge in [-0.1, -0.05) is 53.2 Å². The number of aryl methyl sites for hydroxylation is 2. The molecule has 1 saturated heterocycles. The molecular formula is C25H25N5O3. The molecule has 168 valence electrons. The van der Waals surface area contributed by atoms with Crippen molar-refractivity contribution >= 4 is 5.91 Å². The summed E-state index contributed by atoms with van der Waals surface area (Å²) in [5.74, 6) is 2.48. The number of likely N-dealkylation sites (tertiary alicyclic amines) is 1. The molecule has 0 spiro atoms. The lowest BCUT2D eigenvalue weighted by Gasteiger charge is -2.30. The molecule has 0 radical (unpaired) electrons. The molecule has 1 fully saturated rings. The third-order valence-corrected chi connectivity index (χ3v) is 5.99. The van der Waals surface area contributed by atoms with Gasteiger partial charge in [-0.3, -0.25) is 4.79 Å². The predicted octanol–water partition coefficient (Wildman–Crippen LogP) is 4.43. The Morgan fingerprint density at radius 2 is 1.76 bits per heavy atom. The van der Waals surface area contributed by atoms with Crippen molar-refractivity contribution in [2.45, 2.75) is 38.5 Å². The van der Waals surface area contributed by atoms with Crippen LogP contribution in [0.15, 0.2) is 63.5 Å². The summed E-state index contributed by atoms with van der Waals surface area (Å²) in [7, 11) is 0. The third-order valence-electron chi connectivity index (χ3n) is 5.99. The normalized spacial score (nSPS) is 14.5. The second-order valence-electron chi connectivity index (χ2n) is 8.34. The van der Waals surface area contributed by atoms with Crippen LogP contribution in [0, 0.1) is 6.92 Å². The number of piperidine rings is 1. The highest BCUT2D eigenvalue weighted by Gasteiger charge is 2.27. The minimum atomic E-state index is 0.0963. The van der Waals surface area contributed by atoms with Crippen molar-refractivity contribution in [3.8, 4) is 22.8 Å². The first-order valence-electron chi connectivity index (χ1n) is 11.2. The summed E-state index contributed by atoms with van der Waals surface area (Å²) in [5.41, 5.74) is 2.99. The number of carbonyl (C=O) groups excluding carboxylic acids is 1. The van der Waals surface area contributed by atoms with Crippen LogP contribution in [0.4, 0.5) is 0 Å². The standard InChI is InChI=1S/C25H25N5O3/c1-17-7-9-19(10-8-17)25-28-27-21(32-25)11-12-22(31)30-15-13-20(14-16-30)24-26-23(29-33-24)18-5-3-2-4-6-18/h2-10,20H,11-16H2,1H3. The van der Waals surface area contributed by atoms with Crippen molar-refractivity contribution < 1.29 is 13.7 Å². The smallest absolute Gasteiger partial charge is 0.247 e. The molecule has 33 heavy (non-hydrogen) atoms. The Bertz CT molecular complexity index is 1210. The van der Waals surface area contributed by atoms with Gasteiger partial charge in [0.05, 0.1) is 0 Å². The van der Waals surface area contributed by atoms with Gasteiger partial charge in [-0.15, -0.1) is 10.2 Å². The summed E-state index contributed by atoms with van der Waals surface area (Å²) >= 11 is 0. The number of aromatic nitrogens is 4. The molecule has 0 unspecified atom stereocenters. The van der Waals surface area contributed by atoms with Crippen molar-refractivity contribution in [3.63, 3.8) is 0 Å². The van der Waals surface area contributed by atoms with Crippen LogP contribution in [0.25, 0.3) is 22.8 Å². The molecule has 8 nitrogen and oxygen atoms in total. The number of rotatable bonds is 6. The second-order valence-corrected chi connectivity index (χ2v) is 8.34. The highest BCUT2D eigenvalue weighted by Crippen LogP contribution is 2.29. The van der Waals surface area contributed by atoms with E-state index in [-0.39, 0.29) is 11.8 Å². The summed E-state index contributed by atoms with van der Waals surface area (Å²) in [6, 6.07) is 17.7. The van der Waals surface area contributed by atoms with Gasteiger partial charge < -0.3 is 13.8 Å². The molecule has 0 atom stereocenters. The van der Waals surface area contributed by atoms with E-state index in [1.165, 1.54) is 5.56 Å². The SMILES string of the molecule is Cc1ccc(-c2nnc(CCC(=O)N3CCC(c4nc(-c5ccccc5)no4)CC3)o2)cc1. The number of hydrogen-bond donors (Lipinski definition) is 0. The first-order chi connectivity index (χ1) is 16.2. The summed E-state index contributed by atoms with van der Waals surface area (Å²) in [6.07, 6.45) is 2.39. The van der Waals surface area contributed by atoms with Gasteiger partial charge in [-0.25, -0.2) is 0 Å². The summed E-state index contributed by atoms with van der Waals surface area (Å²) in [5, 5.41) is 12.3. The molecule has 0 saturated carbocycles. The molecule has 1 amide bonds. The Hall–Kier alpha value is -3.81. The van der Waals surface area contributed by atoms with Crippen LogP contribution < -0.4 is 0 Å². The fraction of sp³-hybridized carbons (Fsp3) is 0.320. The van der Waals surface area contributed by atoms with Crippen LogP contribution in [0.2, 0.25) is 0 Å². The second kappa shape index (κ2) is 9.36. The number of nitrogens with zero attached hydrogens (tertiary/aromatic N) is 5. The van der Waals surface area contributed by atoms with E-state index < -0.39 is 0 Å². The van der Waals surface area contributed by atoms with E-state index in [0.717, 1.165) is 24.0 Å². The highest BCUT2D eigenvalue weighted by atomic mass is 16.5. The average Bonchev–Trinajstić information content (AvgIpc) is 3.54. The molecule has 1 aliphatic heterocycles. The Kier molecular flexibility index (Phi) is 5.97. The predicted molar refractivity (Wildman–Crippen MR) is 121 cm³/mol. The van der Waals surface area contributed by atoms with Crippen LogP contribution in [-0.4, -0.2) is 44.2 Å². The first-order valence-corrected chi connectivity index (χ1v) is 11.2. The fourth-order valence-corrected chi connectivity index (χ4v) is 4.02. The summed E-state index contributed by atoms with van der Waals surface area (Å²) < 4.78 is 11.3. The minimum absolute atomic E-state index is 0.0963. The van der Waals surface area contributed by atoms with Gasteiger partial charge in [0.1, 0.15) is 0 Å². The number of benzene rings is 2. The van der Waals surface area contributed by atoms with Gasteiger partial charge in [0.25, 0.3) is 0 Å². The maximum absolute atomic E-state index is 12.7. The quantitative estimate of drug-likeness (QED) is 0.435. The minimum Gasteiger partial charge on any atom is -0.421 e. The fourth-order valence-electron chi connectivity index (χ4n) is 4.02. The maximum Gasteiger partial charge on any atom is 0.247 e. The van der Waals surface area contributed by atoms with Crippen molar-refractivity contribution in [1.29, 1.82) is 0 Å². The molecule has 0 N–H and O–H groups in total. The molecule has 0 aliphatic carbocycles. The summed E-state index contributed by atoms with van der Waals surface area (Å²) in [4.78, 5) is 19.2. The van der Waals surface area contributed by atoms with E-state index in [2.05, 4.69) is 20.3 Å². The van der Waals surface area contributed by atoms with Gasteiger partial charge in [0.2, 0.25) is 29.4 Å². The lowest BCUT2D eigenvalue weighted by Crippen LogP contribution is -2.38. The molecule has 2 aromatic carbocycles. The third kappa shape index (κ3) is 4.84. The Morgan fingerprint density at radius 1 is 1.00 bits per heavy atom. The molecule has 4 aromatic rings. The topological polar surface area (TPSA) is 98.2 Å². The molecule has 0 bridgehead atoms. The van der Waals surface area contributed by atoms with E-state index in [1.807, 2.05) is 66.4 Å². The average molecular weight is 444 g/mol.